The van der Waals surface area contributed by atoms with Crippen molar-refractivity contribution in [3.63, 3.8) is 0 Å². The molecular weight excluding hydrogens is 386 g/mol. The first-order valence-corrected chi connectivity index (χ1v) is 8.58. The summed E-state index contributed by atoms with van der Waals surface area (Å²) in [6.45, 7) is 1.76. The van der Waals surface area contributed by atoms with E-state index in [1.54, 1.807) is 6.92 Å². The number of halogens is 1. The van der Waals surface area contributed by atoms with E-state index in [0.29, 0.717) is 0 Å². The van der Waals surface area contributed by atoms with Crippen molar-refractivity contribution >= 4 is 39.7 Å². The minimum Gasteiger partial charge on any atom is -0.345 e. The number of fused-ring (bicyclic) bond motifs is 1. The standard InChI is InChI=1S/C19H14ClN3O5/c1-11(14-8-4-6-12-5-2-3-7-15(12)14)21-19(24)13-9-16(22(25)26)18(20)17(10-13)23(27)28/h2-11H,1H3,(H,21,24)/t11-/m1/s1. The number of amides is 1. The minimum absolute atomic E-state index is 0.213. The Kier molecular flexibility index (Phi) is 5.23. The molecule has 1 amide bonds. The summed E-state index contributed by atoms with van der Waals surface area (Å²) in [5.41, 5.74) is -0.753. The van der Waals surface area contributed by atoms with Gasteiger partial charge >= 0.3 is 0 Å². The van der Waals surface area contributed by atoms with E-state index in [2.05, 4.69) is 5.32 Å². The van der Waals surface area contributed by atoms with Gasteiger partial charge in [-0.25, -0.2) is 0 Å². The Balaban J connectivity index is 1.96. The number of nitro groups is 2. The van der Waals surface area contributed by atoms with Gasteiger partial charge in [0.1, 0.15) is 0 Å². The smallest absolute Gasteiger partial charge is 0.295 e. The van der Waals surface area contributed by atoms with Crippen LogP contribution in [0.5, 0.6) is 0 Å². The molecule has 9 heteroatoms. The van der Waals surface area contributed by atoms with Gasteiger partial charge in [-0.2, -0.15) is 0 Å². The minimum atomic E-state index is -0.861. The molecule has 0 fully saturated rings. The number of carbonyl (C=O) groups is 1. The van der Waals surface area contributed by atoms with Crippen molar-refractivity contribution in [1.29, 1.82) is 0 Å². The first-order chi connectivity index (χ1) is 13.3. The average molecular weight is 400 g/mol. The van der Waals surface area contributed by atoms with E-state index in [9.17, 15) is 25.0 Å². The van der Waals surface area contributed by atoms with E-state index >= 15 is 0 Å². The Bertz CT molecular complexity index is 1080. The summed E-state index contributed by atoms with van der Waals surface area (Å²) in [6, 6.07) is 14.7. The quantitative estimate of drug-likeness (QED) is 0.488. The summed E-state index contributed by atoms with van der Waals surface area (Å²) in [7, 11) is 0. The zero-order chi connectivity index (χ0) is 20.4. The zero-order valence-electron chi connectivity index (χ0n) is 14.6. The molecule has 8 nitrogen and oxygen atoms in total. The Morgan fingerprint density at radius 1 is 1.00 bits per heavy atom. The van der Waals surface area contributed by atoms with Crippen LogP contribution in [0.2, 0.25) is 5.02 Å². The molecule has 142 valence electrons. The molecule has 0 saturated carbocycles. The molecule has 0 saturated heterocycles. The highest BCUT2D eigenvalue weighted by Gasteiger charge is 2.27. The Hall–Kier alpha value is -3.52. The van der Waals surface area contributed by atoms with Gasteiger partial charge in [0.25, 0.3) is 17.3 Å². The summed E-state index contributed by atoms with van der Waals surface area (Å²) >= 11 is 5.73. The first-order valence-electron chi connectivity index (χ1n) is 8.20. The fraction of sp³-hybridized carbons (Fsp3) is 0.105. The summed E-state index contributed by atoms with van der Waals surface area (Å²) in [4.78, 5) is 33.2. The monoisotopic (exact) mass is 399 g/mol. The largest absolute Gasteiger partial charge is 0.345 e. The highest BCUT2D eigenvalue weighted by molar-refractivity contribution is 6.35. The van der Waals surface area contributed by atoms with Crippen molar-refractivity contribution in [2.75, 3.05) is 0 Å². The maximum Gasteiger partial charge on any atom is 0.295 e. The molecule has 3 rings (SSSR count). The molecule has 0 aliphatic carbocycles. The summed E-state index contributed by atoms with van der Waals surface area (Å²) in [5, 5.41) is 26.3. The third-order valence-electron chi connectivity index (χ3n) is 4.33. The molecule has 3 aromatic carbocycles. The Labute approximate surface area is 164 Å². The van der Waals surface area contributed by atoms with Crippen molar-refractivity contribution in [2.24, 2.45) is 0 Å². The molecule has 28 heavy (non-hydrogen) atoms. The van der Waals surface area contributed by atoms with E-state index in [-0.39, 0.29) is 5.56 Å². The average Bonchev–Trinajstić information content (AvgIpc) is 2.67. The van der Waals surface area contributed by atoms with Crippen LogP contribution in [0.25, 0.3) is 10.8 Å². The SMILES string of the molecule is C[C@@H](NC(=O)c1cc([N+](=O)[O-])c(Cl)c([N+](=O)[O-])c1)c1cccc2ccccc12. The molecule has 0 heterocycles. The lowest BCUT2D eigenvalue weighted by Crippen LogP contribution is -2.27. The van der Waals surface area contributed by atoms with E-state index in [1.807, 2.05) is 42.5 Å². The van der Waals surface area contributed by atoms with Crippen LogP contribution in [0.3, 0.4) is 0 Å². The Morgan fingerprint density at radius 3 is 2.18 bits per heavy atom. The lowest BCUT2D eigenvalue weighted by molar-refractivity contribution is -0.393. The van der Waals surface area contributed by atoms with Crippen molar-refractivity contribution < 1.29 is 14.6 Å². The number of hydrogen-bond acceptors (Lipinski definition) is 5. The van der Waals surface area contributed by atoms with Gasteiger partial charge in [-0.15, -0.1) is 0 Å². The first kappa shape index (κ1) is 19.2. The fourth-order valence-corrected chi connectivity index (χ4v) is 3.22. The lowest BCUT2D eigenvalue weighted by Gasteiger charge is -2.17. The van der Waals surface area contributed by atoms with Crippen LogP contribution in [-0.2, 0) is 0 Å². The summed E-state index contributed by atoms with van der Waals surface area (Å²) in [5.74, 6) is -0.677. The molecular formula is C19H14ClN3O5. The molecule has 0 bridgehead atoms. The molecule has 0 aromatic heterocycles. The van der Waals surface area contributed by atoms with Crippen molar-refractivity contribution in [3.05, 3.63) is 91.0 Å². The second-order valence-electron chi connectivity index (χ2n) is 6.11. The van der Waals surface area contributed by atoms with Crippen molar-refractivity contribution in [1.82, 2.24) is 5.32 Å². The van der Waals surface area contributed by atoms with Gasteiger partial charge in [0.15, 0.2) is 5.02 Å². The van der Waals surface area contributed by atoms with Crippen molar-refractivity contribution in [2.45, 2.75) is 13.0 Å². The summed E-state index contributed by atoms with van der Waals surface area (Å²) < 4.78 is 0. The predicted molar refractivity (Wildman–Crippen MR) is 105 cm³/mol. The molecule has 1 atom stereocenters. The number of nitrogens with zero attached hydrogens (tertiary/aromatic N) is 2. The topological polar surface area (TPSA) is 115 Å². The molecule has 1 N–H and O–H groups in total. The van der Waals surface area contributed by atoms with Gasteiger partial charge in [0, 0.05) is 12.1 Å². The molecule has 0 aliphatic rings. The van der Waals surface area contributed by atoms with Crippen molar-refractivity contribution in [3.8, 4) is 0 Å². The third-order valence-corrected chi connectivity index (χ3v) is 4.71. The number of rotatable bonds is 5. The van der Waals surface area contributed by atoms with Crippen LogP contribution in [0.1, 0.15) is 28.9 Å². The molecule has 0 spiro atoms. The lowest BCUT2D eigenvalue weighted by atomic mass is 9.99. The maximum atomic E-state index is 12.6. The van der Waals surface area contributed by atoms with Crippen LogP contribution in [0.4, 0.5) is 11.4 Å². The molecule has 0 aliphatic heterocycles. The van der Waals surface area contributed by atoms with E-state index in [0.717, 1.165) is 28.5 Å². The molecule has 3 aromatic rings. The van der Waals surface area contributed by atoms with Crippen LogP contribution >= 0.6 is 11.6 Å². The van der Waals surface area contributed by atoms with Gasteiger partial charge in [-0.05, 0) is 23.3 Å². The third kappa shape index (κ3) is 3.63. The van der Waals surface area contributed by atoms with Crippen LogP contribution in [0.15, 0.2) is 54.6 Å². The number of carbonyl (C=O) groups excluding carboxylic acids is 1. The number of nitrogens with one attached hydrogen (secondary N) is 1. The van der Waals surface area contributed by atoms with Crippen LogP contribution in [-0.4, -0.2) is 15.8 Å². The van der Waals surface area contributed by atoms with E-state index < -0.39 is 38.2 Å². The highest BCUT2D eigenvalue weighted by Crippen LogP contribution is 2.35. The predicted octanol–water partition coefficient (Wildman–Crippen LogP) is 4.80. The fourth-order valence-electron chi connectivity index (χ4n) is 2.98. The van der Waals surface area contributed by atoms with Gasteiger partial charge < -0.3 is 5.32 Å². The normalized spacial score (nSPS) is 11.8. The van der Waals surface area contributed by atoms with Gasteiger partial charge in [-0.3, -0.25) is 25.0 Å². The van der Waals surface area contributed by atoms with Gasteiger partial charge in [0.2, 0.25) is 0 Å². The molecule has 0 radical (unpaired) electrons. The van der Waals surface area contributed by atoms with Crippen LogP contribution < -0.4 is 5.32 Å². The second kappa shape index (κ2) is 7.61. The van der Waals surface area contributed by atoms with E-state index in [1.165, 1.54) is 0 Å². The van der Waals surface area contributed by atoms with Gasteiger partial charge in [-0.1, -0.05) is 54.1 Å². The summed E-state index contributed by atoms with van der Waals surface area (Å²) in [6.07, 6.45) is 0. The van der Waals surface area contributed by atoms with Gasteiger partial charge in [0.05, 0.1) is 21.5 Å². The number of benzene rings is 3. The number of nitro benzene ring substituents is 2. The Morgan fingerprint density at radius 2 is 1.57 bits per heavy atom. The molecule has 0 unspecified atom stereocenters. The zero-order valence-corrected chi connectivity index (χ0v) is 15.3. The second-order valence-corrected chi connectivity index (χ2v) is 6.48. The highest BCUT2D eigenvalue weighted by atomic mass is 35.5. The van der Waals surface area contributed by atoms with Crippen LogP contribution in [0, 0.1) is 20.2 Å². The number of hydrogen-bond donors (Lipinski definition) is 1. The maximum absolute atomic E-state index is 12.6. The van der Waals surface area contributed by atoms with E-state index in [4.69, 9.17) is 11.6 Å².